The largest absolute Gasteiger partial charge is 0.338 e. The summed E-state index contributed by atoms with van der Waals surface area (Å²) in [6.45, 7) is 2.35. The first-order valence-corrected chi connectivity index (χ1v) is 7.06. The van der Waals surface area contributed by atoms with Crippen molar-refractivity contribution in [3.63, 3.8) is 0 Å². The normalized spacial score (nSPS) is 19.9. The molecule has 1 aromatic heterocycles. The first-order chi connectivity index (χ1) is 7.70. The number of hydrogen-bond acceptors (Lipinski definition) is 3. The first-order valence-electron chi connectivity index (χ1n) is 5.45. The molecule has 1 aromatic rings. The maximum atomic E-state index is 12.1. The predicted octanol–water partition coefficient (Wildman–Crippen LogP) is 2.74. The number of likely N-dealkylation sites (tertiary alicyclic amines) is 1. The second kappa shape index (κ2) is 6.73. The van der Waals surface area contributed by atoms with Gasteiger partial charge in [-0.15, -0.1) is 23.7 Å². The maximum Gasteiger partial charge on any atom is 0.263 e. The number of hydrogen-bond donors (Lipinski definition) is 1. The molecule has 96 valence electrons. The van der Waals surface area contributed by atoms with E-state index in [1.165, 1.54) is 11.3 Å². The van der Waals surface area contributed by atoms with Gasteiger partial charge in [0.25, 0.3) is 5.91 Å². The van der Waals surface area contributed by atoms with Crippen LogP contribution >= 0.6 is 39.7 Å². The SMILES string of the molecule is Cl.NCC1CCCN(C(=O)c2ccc(Br)s2)C1. The average Bonchev–Trinajstić information content (AvgIpc) is 2.75. The van der Waals surface area contributed by atoms with Crippen molar-refractivity contribution in [1.29, 1.82) is 0 Å². The molecule has 1 saturated heterocycles. The average molecular weight is 340 g/mol. The van der Waals surface area contributed by atoms with Gasteiger partial charge in [-0.1, -0.05) is 0 Å². The fourth-order valence-corrected chi connectivity index (χ4v) is 3.38. The van der Waals surface area contributed by atoms with E-state index in [1.807, 2.05) is 17.0 Å². The van der Waals surface area contributed by atoms with E-state index in [0.29, 0.717) is 12.5 Å². The van der Waals surface area contributed by atoms with Gasteiger partial charge in [0.2, 0.25) is 0 Å². The second-order valence-corrected chi connectivity index (χ2v) is 6.56. The number of thiophene rings is 1. The van der Waals surface area contributed by atoms with Crippen molar-refractivity contribution >= 4 is 45.6 Å². The first kappa shape index (κ1) is 15.0. The number of carbonyl (C=O) groups is 1. The number of halogens is 2. The third kappa shape index (κ3) is 3.68. The molecule has 1 aliphatic rings. The lowest BCUT2D eigenvalue weighted by Crippen LogP contribution is -2.41. The van der Waals surface area contributed by atoms with Crippen LogP contribution in [-0.4, -0.2) is 30.4 Å². The summed E-state index contributed by atoms with van der Waals surface area (Å²) in [6, 6.07) is 3.80. The number of rotatable bonds is 2. The quantitative estimate of drug-likeness (QED) is 0.900. The fourth-order valence-electron chi connectivity index (χ4n) is 2.03. The van der Waals surface area contributed by atoms with E-state index < -0.39 is 0 Å². The van der Waals surface area contributed by atoms with E-state index >= 15 is 0 Å². The van der Waals surface area contributed by atoms with Crippen LogP contribution in [0.1, 0.15) is 22.5 Å². The highest BCUT2D eigenvalue weighted by molar-refractivity contribution is 9.11. The van der Waals surface area contributed by atoms with Crippen LogP contribution in [0, 0.1) is 5.92 Å². The van der Waals surface area contributed by atoms with Crippen molar-refractivity contribution in [3.05, 3.63) is 20.8 Å². The van der Waals surface area contributed by atoms with Gasteiger partial charge in [0, 0.05) is 13.1 Å². The molecule has 0 aliphatic carbocycles. The zero-order valence-corrected chi connectivity index (χ0v) is 12.6. The molecular weight excluding hydrogens is 324 g/mol. The summed E-state index contributed by atoms with van der Waals surface area (Å²) in [5.74, 6) is 0.620. The van der Waals surface area contributed by atoms with E-state index in [2.05, 4.69) is 15.9 Å². The molecule has 2 rings (SSSR count). The van der Waals surface area contributed by atoms with Crippen LogP contribution in [-0.2, 0) is 0 Å². The van der Waals surface area contributed by atoms with Gasteiger partial charge >= 0.3 is 0 Å². The van der Waals surface area contributed by atoms with Crippen molar-refractivity contribution in [3.8, 4) is 0 Å². The lowest BCUT2D eigenvalue weighted by atomic mass is 9.98. The van der Waals surface area contributed by atoms with E-state index in [0.717, 1.165) is 34.6 Å². The summed E-state index contributed by atoms with van der Waals surface area (Å²) in [5, 5.41) is 0. The molecule has 2 heterocycles. The van der Waals surface area contributed by atoms with Crippen LogP contribution in [0.25, 0.3) is 0 Å². The number of nitrogens with two attached hydrogens (primary N) is 1. The number of amides is 1. The van der Waals surface area contributed by atoms with E-state index in [9.17, 15) is 4.79 Å². The third-order valence-corrected chi connectivity index (χ3v) is 4.54. The van der Waals surface area contributed by atoms with Gasteiger partial charge in [0.15, 0.2) is 0 Å². The minimum Gasteiger partial charge on any atom is -0.338 e. The maximum absolute atomic E-state index is 12.1. The Morgan fingerprint density at radius 3 is 2.94 bits per heavy atom. The van der Waals surface area contributed by atoms with Crippen LogP contribution in [0.15, 0.2) is 15.9 Å². The summed E-state index contributed by atoms with van der Waals surface area (Å²) >= 11 is 4.87. The molecule has 1 fully saturated rings. The van der Waals surface area contributed by atoms with Crippen LogP contribution in [0.2, 0.25) is 0 Å². The third-order valence-electron chi connectivity index (χ3n) is 2.92. The topological polar surface area (TPSA) is 46.3 Å². The Bertz CT molecular complexity index is 385. The van der Waals surface area contributed by atoms with Crippen LogP contribution in [0.3, 0.4) is 0 Å². The molecule has 0 saturated carbocycles. The Morgan fingerprint density at radius 2 is 2.35 bits per heavy atom. The number of piperidine rings is 1. The molecule has 0 spiro atoms. The molecule has 0 aromatic carbocycles. The van der Waals surface area contributed by atoms with Crippen molar-refractivity contribution < 1.29 is 4.79 Å². The van der Waals surface area contributed by atoms with Gasteiger partial charge in [-0.05, 0) is 53.4 Å². The van der Waals surface area contributed by atoms with Gasteiger partial charge in [-0.25, -0.2) is 0 Å². The Kier molecular flexibility index (Phi) is 5.92. The van der Waals surface area contributed by atoms with Gasteiger partial charge in [-0.2, -0.15) is 0 Å². The fraction of sp³-hybridized carbons (Fsp3) is 0.545. The molecule has 3 nitrogen and oxygen atoms in total. The van der Waals surface area contributed by atoms with Gasteiger partial charge < -0.3 is 10.6 Å². The standard InChI is InChI=1S/C11H15BrN2OS.ClH/c12-10-4-3-9(16-10)11(15)14-5-1-2-8(6-13)7-14;/h3-4,8H,1-2,5-7,13H2;1H. The number of nitrogens with zero attached hydrogens (tertiary/aromatic N) is 1. The molecule has 2 N–H and O–H groups in total. The summed E-state index contributed by atoms with van der Waals surface area (Å²) in [4.78, 5) is 14.9. The van der Waals surface area contributed by atoms with Gasteiger partial charge in [0.05, 0.1) is 8.66 Å². The van der Waals surface area contributed by atoms with Crippen molar-refractivity contribution in [2.75, 3.05) is 19.6 Å². The highest BCUT2D eigenvalue weighted by Gasteiger charge is 2.24. The number of carbonyl (C=O) groups excluding carboxylic acids is 1. The minimum absolute atomic E-state index is 0. The molecular formula is C11H16BrClN2OS. The van der Waals surface area contributed by atoms with Gasteiger partial charge in [0.1, 0.15) is 0 Å². The van der Waals surface area contributed by atoms with Gasteiger partial charge in [-0.3, -0.25) is 4.79 Å². The Hall–Kier alpha value is -0.100. The molecule has 1 atom stereocenters. The summed E-state index contributed by atoms with van der Waals surface area (Å²) in [6.07, 6.45) is 2.22. The van der Waals surface area contributed by atoms with E-state index in [4.69, 9.17) is 5.73 Å². The lowest BCUT2D eigenvalue weighted by Gasteiger charge is -2.31. The van der Waals surface area contributed by atoms with Crippen molar-refractivity contribution in [2.45, 2.75) is 12.8 Å². The highest BCUT2D eigenvalue weighted by Crippen LogP contribution is 2.25. The molecule has 17 heavy (non-hydrogen) atoms. The second-order valence-electron chi connectivity index (χ2n) is 4.10. The molecule has 0 bridgehead atoms. The summed E-state index contributed by atoms with van der Waals surface area (Å²) < 4.78 is 1.00. The molecule has 1 aliphatic heterocycles. The summed E-state index contributed by atoms with van der Waals surface area (Å²) in [5.41, 5.74) is 5.67. The molecule has 6 heteroatoms. The lowest BCUT2D eigenvalue weighted by molar-refractivity contribution is 0.0683. The molecule has 1 amide bonds. The van der Waals surface area contributed by atoms with Crippen LogP contribution in [0.4, 0.5) is 0 Å². The Balaban J connectivity index is 0.00000144. The predicted molar refractivity (Wildman–Crippen MR) is 76.9 cm³/mol. The van der Waals surface area contributed by atoms with Crippen molar-refractivity contribution in [2.24, 2.45) is 11.7 Å². The monoisotopic (exact) mass is 338 g/mol. The van der Waals surface area contributed by atoms with Crippen molar-refractivity contribution in [1.82, 2.24) is 4.90 Å². The van der Waals surface area contributed by atoms with Crippen LogP contribution in [0.5, 0.6) is 0 Å². The zero-order valence-electron chi connectivity index (χ0n) is 9.39. The Labute approximate surface area is 120 Å². The zero-order chi connectivity index (χ0) is 11.5. The van der Waals surface area contributed by atoms with E-state index in [1.54, 1.807) is 0 Å². The Morgan fingerprint density at radius 1 is 1.59 bits per heavy atom. The molecule has 1 unspecified atom stereocenters. The summed E-state index contributed by atoms with van der Waals surface area (Å²) in [7, 11) is 0. The smallest absolute Gasteiger partial charge is 0.263 e. The van der Waals surface area contributed by atoms with Crippen LogP contribution < -0.4 is 5.73 Å². The molecule has 0 radical (unpaired) electrons. The highest BCUT2D eigenvalue weighted by atomic mass is 79.9. The minimum atomic E-state index is 0. The van der Waals surface area contributed by atoms with E-state index in [-0.39, 0.29) is 18.3 Å².